The molecule has 118 valence electrons. The topological polar surface area (TPSA) is 81.7 Å². The van der Waals surface area contributed by atoms with Gasteiger partial charge in [0.2, 0.25) is 0 Å². The first-order chi connectivity index (χ1) is 9.70. The molecular weight excluding hydrogens is 295 g/mol. The van der Waals surface area contributed by atoms with Crippen molar-refractivity contribution in [2.45, 2.75) is 12.6 Å². The van der Waals surface area contributed by atoms with Gasteiger partial charge in [-0.05, 0) is 12.0 Å². The van der Waals surface area contributed by atoms with E-state index in [0.29, 0.717) is 0 Å². The maximum atomic E-state index is 12.0. The Kier molecular flexibility index (Phi) is 7.80. The number of rotatable bonds is 6. The van der Waals surface area contributed by atoms with Crippen molar-refractivity contribution in [2.75, 3.05) is 20.8 Å². The average molecular weight is 309 g/mol. The normalized spacial score (nSPS) is 12.1. The SMILES string of the molecule is COC(=O)/C=C/C(=C/C(=O)OC)CCNC(=O)C(F)(F)F. The lowest BCUT2D eigenvalue weighted by Gasteiger charge is -2.08. The van der Waals surface area contributed by atoms with Crippen LogP contribution in [0.25, 0.3) is 0 Å². The van der Waals surface area contributed by atoms with Crippen LogP contribution in [0.15, 0.2) is 23.8 Å². The monoisotopic (exact) mass is 309 g/mol. The second-order valence-corrected chi connectivity index (χ2v) is 3.60. The predicted molar refractivity (Wildman–Crippen MR) is 64.9 cm³/mol. The zero-order valence-corrected chi connectivity index (χ0v) is 11.3. The molecule has 9 heteroatoms. The van der Waals surface area contributed by atoms with E-state index in [1.54, 1.807) is 5.32 Å². The van der Waals surface area contributed by atoms with Crippen LogP contribution in [-0.4, -0.2) is 44.8 Å². The number of amides is 1. The predicted octanol–water partition coefficient (Wildman–Crippen LogP) is 0.884. The molecule has 0 unspecified atom stereocenters. The lowest BCUT2D eigenvalue weighted by atomic mass is 10.1. The van der Waals surface area contributed by atoms with Crippen LogP contribution in [0.5, 0.6) is 0 Å². The third-order valence-corrected chi connectivity index (χ3v) is 2.10. The minimum atomic E-state index is -4.98. The van der Waals surface area contributed by atoms with Crippen LogP contribution in [0.2, 0.25) is 0 Å². The van der Waals surface area contributed by atoms with Gasteiger partial charge in [0, 0.05) is 18.7 Å². The van der Waals surface area contributed by atoms with Crippen molar-refractivity contribution in [3.05, 3.63) is 23.8 Å². The molecule has 0 aromatic heterocycles. The Hall–Kier alpha value is -2.32. The zero-order chi connectivity index (χ0) is 16.5. The first kappa shape index (κ1) is 18.7. The minimum Gasteiger partial charge on any atom is -0.466 e. The van der Waals surface area contributed by atoms with Crippen molar-refractivity contribution < 1.29 is 37.0 Å². The van der Waals surface area contributed by atoms with Gasteiger partial charge in [0.1, 0.15) is 0 Å². The maximum Gasteiger partial charge on any atom is 0.471 e. The van der Waals surface area contributed by atoms with Crippen LogP contribution in [0.4, 0.5) is 13.2 Å². The van der Waals surface area contributed by atoms with Crippen LogP contribution in [0.3, 0.4) is 0 Å². The van der Waals surface area contributed by atoms with Gasteiger partial charge in [0.25, 0.3) is 0 Å². The van der Waals surface area contributed by atoms with E-state index in [-0.39, 0.29) is 18.5 Å². The van der Waals surface area contributed by atoms with Gasteiger partial charge in [-0.2, -0.15) is 13.2 Å². The lowest BCUT2D eigenvalue weighted by Crippen LogP contribution is -2.37. The quantitative estimate of drug-likeness (QED) is 0.447. The van der Waals surface area contributed by atoms with E-state index in [1.165, 1.54) is 6.08 Å². The highest BCUT2D eigenvalue weighted by atomic mass is 19.4. The van der Waals surface area contributed by atoms with Crippen molar-refractivity contribution in [3.63, 3.8) is 0 Å². The molecule has 0 aliphatic heterocycles. The van der Waals surface area contributed by atoms with Crippen molar-refractivity contribution in [2.24, 2.45) is 0 Å². The highest BCUT2D eigenvalue weighted by Gasteiger charge is 2.38. The molecule has 0 rings (SSSR count). The molecule has 0 bridgehead atoms. The highest BCUT2D eigenvalue weighted by Crippen LogP contribution is 2.14. The van der Waals surface area contributed by atoms with E-state index >= 15 is 0 Å². The van der Waals surface area contributed by atoms with Gasteiger partial charge in [-0.3, -0.25) is 4.79 Å². The van der Waals surface area contributed by atoms with Gasteiger partial charge in [-0.15, -0.1) is 0 Å². The molecule has 0 atom stereocenters. The highest BCUT2D eigenvalue weighted by molar-refractivity contribution is 5.85. The van der Waals surface area contributed by atoms with Crippen LogP contribution >= 0.6 is 0 Å². The number of hydrogen-bond acceptors (Lipinski definition) is 5. The molecule has 1 amide bonds. The molecule has 1 N–H and O–H groups in total. The first-order valence-electron chi connectivity index (χ1n) is 5.60. The second kappa shape index (κ2) is 8.77. The van der Waals surface area contributed by atoms with Gasteiger partial charge < -0.3 is 14.8 Å². The smallest absolute Gasteiger partial charge is 0.466 e. The fourth-order valence-electron chi connectivity index (χ4n) is 1.08. The molecular formula is C12H14F3NO5. The third-order valence-electron chi connectivity index (χ3n) is 2.10. The number of hydrogen-bond donors (Lipinski definition) is 1. The molecule has 0 aliphatic carbocycles. The van der Waals surface area contributed by atoms with E-state index in [1.807, 2.05) is 0 Å². The Labute approximate surface area is 118 Å². The molecule has 0 fully saturated rings. The Morgan fingerprint density at radius 3 is 2.10 bits per heavy atom. The molecule has 6 nitrogen and oxygen atoms in total. The largest absolute Gasteiger partial charge is 0.471 e. The number of methoxy groups -OCH3 is 2. The standard InChI is InChI=1S/C12H14F3NO5/c1-20-9(17)4-3-8(7-10(18)21-2)5-6-16-11(19)12(13,14)15/h3-4,7H,5-6H2,1-2H3,(H,16,19)/b4-3+,8-7-. The summed E-state index contributed by atoms with van der Waals surface area (Å²) in [5.74, 6) is -3.54. The Balaban J connectivity index is 4.67. The second-order valence-electron chi connectivity index (χ2n) is 3.60. The van der Waals surface area contributed by atoms with Crippen molar-refractivity contribution >= 4 is 17.8 Å². The zero-order valence-electron chi connectivity index (χ0n) is 11.3. The molecule has 0 radical (unpaired) electrons. The van der Waals surface area contributed by atoms with Crippen LogP contribution in [0.1, 0.15) is 6.42 Å². The Bertz CT molecular complexity index is 454. The van der Waals surface area contributed by atoms with E-state index < -0.39 is 24.0 Å². The van der Waals surface area contributed by atoms with Crippen LogP contribution < -0.4 is 5.32 Å². The molecule has 0 saturated heterocycles. The number of carbonyl (C=O) groups is 3. The lowest BCUT2D eigenvalue weighted by molar-refractivity contribution is -0.173. The van der Waals surface area contributed by atoms with E-state index in [2.05, 4.69) is 9.47 Å². The number of allylic oxidation sites excluding steroid dienone is 1. The summed E-state index contributed by atoms with van der Waals surface area (Å²) in [5, 5.41) is 1.64. The van der Waals surface area contributed by atoms with Crippen molar-refractivity contribution in [1.82, 2.24) is 5.32 Å². The van der Waals surface area contributed by atoms with E-state index in [0.717, 1.165) is 26.4 Å². The van der Waals surface area contributed by atoms with Gasteiger partial charge in [0.15, 0.2) is 0 Å². The number of halogens is 3. The Morgan fingerprint density at radius 2 is 1.62 bits per heavy atom. The van der Waals surface area contributed by atoms with E-state index in [4.69, 9.17) is 0 Å². The van der Waals surface area contributed by atoms with Crippen LogP contribution in [-0.2, 0) is 23.9 Å². The van der Waals surface area contributed by atoms with Crippen molar-refractivity contribution in [1.29, 1.82) is 0 Å². The molecule has 0 spiro atoms. The number of alkyl halides is 3. The molecule has 0 aromatic carbocycles. The number of esters is 2. The molecule has 21 heavy (non-hydrogen) atoms. The molecule has 0 heterocycles. The summed E-state index contributed by atoms with van der Waals surface area (Å²) in [7, 11) is 2.26. The Morgan fingerprint density at radius 1 is 1.05 bits per heavy atom. The maximum absolute atomic E-state index is 12.0. The molecule has 0 aliphatic rings. The van der Waals surface area contributed by atoms with E-state index in [9.17, 15) is 27.6 Å². The average Bonchev–Trinajstić information content (AvgIpc) is 2.42. The molecule has 0 saturated carbocycles. The fraction of sp³-hybridized carbons (Fsp3) is 0.417. The minimum absolute atomic E-state index is 0.107. The summed E-state index contributed by atoms with van der Waals surface area (Å²) in [6.07, 6.45) is -1.93. The summed E-state index contributed by atoms with van der Waals surface area (Å²) in [6, 6.07) is 0. The fourth-order valence-corrected chi connectivity index (χ4v) is 1.08. The summed E-state index contributed by atoms with van der Waals surface area (Å²) < 4.78 is 44.6. The van der Waals surface area contributed by atoms with Crippen LogP contribution in [0, 0.1) is 0 Å². The van der Waals surface area contributed by atoms with Crippen molar-refractivity contribution in [3.8, 4) is 0 Å². The number of ether oxygens (including phenoxy) is 2. The summed E-state index contributed by atoms with van der Waals surface area (Å²) in [5.41, 5.74) is 0.190. The van der Waals surface area contributed by atoms with Gasteiger partial charge in [0.05, 0.1) is 14.2 Å². The summed E-state index contributed by atoms with van der Waals surface area (Å²) in [6.45, 7) is -0.368. The first-order valence-corrected chi connectivity index (χ1v) is 5.60. The van der Waals surface area contributed by atoms with Gasteiger partial charge >= 0.3 is 24.0 Å². The number of nitrogens with one attached hydrogen (secondary N) is 1. The summed E-state index contributed by atoms with van der Waals surface area (Å²) >= 11 is 0. The summed E-state index contributed by atoms with van der Waals surface area (Å²) in [4.78, 5) is 32.6. The van der Waals surface area contributed by atoms with Gasteiger partial charge in [-0.25, -0.2) is 9.59 Å². The number of carbonyl (C=O) groups excluding carboxylic acids is 3. The molecule has 0 aromatic rings. The van der Waals surface area contributed by atoms with Gasteiger partial charge in [-0.1, -0.05) is 6.08 Å². The third kappa shape index (κ3) is 8.45.